The number of hydrogen-bond donors (Lipinski definition) is 0. The van der Waals surface area contributed by atoms with Crippen LogP contribution in [-0.4, -0.2) is 16.7 Å². The molecule has 2 aromatic carbocycles. The van der Waals surface area contributed by atoms with Crippen LogP contribution in [0.3, 0.4) is 0 Å². The van der Waals surface area contributed by atoms with E-state index in [-0.39, 0.29) is 17.0 Å². The number of rotatable bonds is 3. The van der Waals surface area contributed by atoms with Crippen LogP contribution in [-0.2, 0) is 0 Å². The molecule has 0 fully saturated rings. The molecule has 0 saturated heterocycles. The predicted molar refractivity (Wildman–Crippen MR) is 84.9 cm³/mol. The lowest BCUT2D eigenvalue weighted by Gasteiger charge is -2.13. The smallest absolute Gasteiger partial charge is 0.139 e. The molecule has 0 aliphatic heterocycles. The molecular formula is C18H15F3N2O. The van der Waals surface area contributed by atoms with Gasteiger partial charge in [-0.2, -0.15) is 0 Å². The van der Waals surface area contributed by atoms with Gasteiger partial charge in [-0.3, -0.25) is 4.57 Å². The molecule has 3 aromatic rings. The van der Waals surface area contributed by atoms with Crippen LogP contribution < -0.4 is 4.74 Å². The van der Waals surface area contributed by atoms with Gasteiger partial charge < -0.3 is 4.74 Å². The molecule has 1 aromatic heterocycles. The minimum atomic E-state index is -0.771. The van der Waals surface area contributed by atoms with E-state index in [9.17, 15) is 13.2 Å². The number of aryl methyl sites for hydroxylation is 2. The zero-order valence-electron chi connectivity index (χ0n) is 13.4. The Balaban J connectivity index is 2.31. The van der Waals surface area contributed by atoms with Crippen molar-refractivity contribution < 1.29 is 17.9 Å². The predicted octanol–water partition coefficient (Wildman–Crippen LogP) is 4.58. The van der Waals surface area contributed by atoms with Gasteiger partial charge in [0.25, 0.3) is 0 Å². The van der Waals surface area contributed by atoms with Crippen molar-refractivity contribution in [2.24, 2.45) is 0 Å². The van der Waals surface area contributed by atoms with Crippen molar-refractivity contribution in [1.29, 1.82) is 0 Å². The Kier molecular flexibility index (Phi) is 4.05. The van der Waals surface area contributed by atoms with Crippen molar-refractivity contribution in [2.45, 2.75) is 13.8 Å². The van der Waals surface area contributed by atoms with Crippen molar-refractivity contribution in [1.82, 2.24) is 9.55 Å². The van der Waals surface area contributed by atoms with Gasteiger partial charge in [0.15, 0.2) is 0 Å². The number of methoxy groups -OCH3 is 1. The minimum absolute atomic E-state index is 0.0833. The summed E-state index contributed by atoms with van der Waals surface area (Å²) in [6, 6.07) is 7.99. The lowest BCUT2D eigenvalue weighted by molar-refractivity contribution is 0.407. The van der Waals surface area contributed by atoms with Gasteiger partial charge in [0.2, 0.25) is 0 Å². The van der Waals surface area contributed by atoms with Crippen LogP contribution in [0.2, 0.25) is 0 Å². The molecule has 124 valence electrons. The second-order valence-corrected chi connectivity index (χ2v) is 5.37. The van der Waals surface area contributed by atoms with Crippen molar-refractivity contribution in [2.75, 3.05) is 7.11 Å². The number of aromatic nitrogens is 2. The van der Waals surface area contributed by atoms with E-state index in [1.54, 1.807) is 19.9 Å². The van der Waals surface area contributed by atoms with Crippen molar-refractivity contribution >= 4 is 0 Å². The summed E-state index contributed by atoms with van der Waals surface area (Å²) in [5.74, 6) is -1.40. The van der Waals surface area contributed by atoms with Crippen LogP contribution in [0.25, 0.3) is 16.9 Å². The first-order chi connectivity index (χ1) is 11.4. The molecular weight excluding hydrogens is 317 g/mol. The van der Waals surface area contributed by atoms with Gasteiger partial charge in [-0.15, -0.1) is 0 Å². The molecule has 6 heteroatoms. The van der Waals surface area contributed by atoms with Gasteiger partial charge in [0.05, 0.1) is 29.7 Å². The van der Waals surface area contributed by atoms with E-state index in [1.807, 2.05) is 0 Å². The molecule has 0 unspecified atom stereocenters. The molecule has 1 heterocycles. The van der Waals surface area contributed by atoms with E-state index in [2.05, 4.69) is 4.98 Å². The number of hydrogen-bond acceptors (Lipinski definition) is 2. The van der Waals surface area contributed by atoms with Crippen LogP contribution >= 0.6 is 0 Å². The Bertz CT molecular complexity index is 896. The normalized spacial score (nSPS) is 10.9. The second-order valence-electron chi connectivity index (χ2n) is 5.37. The van der Waals surface area contributed by atoms with E-state index in [0.717, 1.165) is 12.1 Å². The maximum atomic E-state index is 14.5. The molecule has 0 N–H and O–H groups in total. The highest BCUT2D eigenvalue weighted by Crippen LogP contribution is 2.34. The monoisotopic (exact) mass is 332 g/mol. The van der Waals surface area contributed by atoms with Crippen LogP contribution in [0, 0.1) is 31.3 Å². The van der Waals surface area contributed by atoms with E-state index in [0.29, 0.717) is 17.2 Å². The van der Waals surface area contributed by atoms with Crippen molar-refractivity contribution in [3.8, 4) is 22.7 Å². The third-order valence-corrected chi connectivity index (χ3v) is 3.77. The average molecular weight is 332 g/mol. The molecule has 3 rings (SSSR count). The maximum absolute atomic E-state index is 14.5. The summed E-state index contributed by atoms with van der Waals surface area (Å²) >= 11 is 0. The Hall–Kier alpha value is -2.76. The van der Waals surface area contributed by atoms with Crippen molar-refractivity contribution in [3.05, 3.63) is 65.4 Å². The first-order valence-corrected chi connectivity index (χ1v) is 7.27. The number of halogens is 3. The molecule has 0 saturated carbocycles. The highest BCUT2D eigenvalue weighted by molar-refractivity contribution is 5.68. The van der Waals surface area contributed by atoms with Gasteiger partial charge in [-0.25, -0.2) is 18.2 Å². The summed E-state index contributed by atoms with van der Waals surface area (Å²) in [6.45, 7) is 3.35. The van der Waals surface area contributed by atoms with Gasteiger partial charge in [-0.05, 0) is 32.0 Å². The molecule has 24 heavy (non-hydrogen) atoms. The fourth-order valence-electron chi connectivity index (χ4n) is 2.79. The molecule has 0 aliphatic carbocycles. The molecule has 0 bridgehead atoms. The fourth-order valence-corrected chi connectivity index (χ4v) is 2.79. The SMILES string of the molecule is COc1cc(F)c(-c2c(C)nc(C)n2-c2cccc(F)c2)c(F)c1. The number of imidazole rings is 1. The largest absolute Gasteiger partial charge is 0.497 e. The summed E-state index contributed by atoms with van der Waals surface area (Å²) in [5, 5.41) is 0. The van der Waals surface area contributed by atoms with Crippen LogP contribution in [0.1, 0.15) is 11.5 Å². The molecule has 0 spiro atoms. The summed E-state index contributed by atoms with van der Waals surface area (Å²) in [5.41, 5.74) is 0.909. The summed E-state index contributed by atoms with van der Waals surface area (Å²) in [4.78, 5) is 4.29. The third-order valence-electron chi connectivity index (χ3n) is 3.77. The lowest BCUT2D eigenvalue weighted by Crippen LogP contribution is -2.03. The summed E-state index contributed by atoms with van der Waals surface area (Å²) in [7, 11) is 1.33. The molecule has 0 radical (unpaired) electrons. The first-order valence-electron chi connectivity index (χ1n) is 7.27. The molecule has 0 aliphatic rings. The topological polar surface area (TPSA) is 27.1 Å². The average Bonchev–Trinajstić information content (AvgIpc) is 2.81. The quantitative estimate of drug-likeness (QED) is 0.702. The Morgan fingerprint density at radius 2 is 1.67 bits per heavy atom. The zero-order chi connectivity index (χ0) is 17.4. The number of ether oxygens (including phenoxy) is 1. The lowest BCUT2D eigenvalue weighted by atomic mass is 10.1. The molecule has 0 atom stereocenters. The highest BCUT2D eigenvalue weighted by atomic mass is 19.1. The maximum Gasteiger partial charge on any atom is 0.139 e. The zero-order valence-corrected chi connectivity index (χ0v) is 13.4. The standard InChI is InChI=1S/C18H15F3N2O/c1-10-18(17-15(20)8-14(24-3)9-16(17)21)23(11(2)22-10)13-6-4-5-12(19)7-13/h4-9H,1-3H3. The van der Waals surface area contributed by atoms with E-state index >= 15 is 0 Å². The first kappa shape index (κ1) is 16.1. The fraction of sp³-hybridized carbons (Fsp3) is 0.167. The van der Waals surface area contributed by atoms with Crippen LogP contribution in [0.4, 0.5) is 13.2 Å². The van der Waals surface area contributed by atoms with Gasteiger partial charge >= 0.3 is 0 Å². The van der Waals surface area contributed by atoms with E-state index in [4.69, 9.17) is 4.74 Å². The third kappa shape index (κ3) is 2.64. The summed E-state index contributed by atoms with van der Waals surface area (Å²) in [6.07, 6.45) is 0. The summed E-state index contributed by atoms with van der Waals surface area (Å²) < 4.78 is 49.0. The van der Waals surface area contributed by atoms with Gasteiger partial charge in [0, 0.05) is 12.1 Å². The Morgan fingerprint density at radius 1 is 1.00 bits per heavy atom. The van der Waals surface area contributed by atoms with Gasteiger partial charge in [-0.1, -0.05) is 6.07 Å². The Labute approximate surface area is 137 Å². The second kappa shape index (κ2) is 6.03. The van der Waals surface area contributed by atoms with Crippen LogP contribution in [0.5, 0.6) is 5.75 Å². The molecule has 3 nitrogen and oxygen atoms in total. The molecule has 0 amide bonds. The number of benzene rings is 2. The van der Waals surface area contributed by atoms with Crippen molar-refractivity contribution in [3.63, 3.8) is 0 Å². The Morgan fingerprint density at radius 3 is 2.25 bits per heavy atom. The van der Waals surface area contributed by atoms with Gasteiger partial charge in [0.1, 0.15) is 29.0 Å². The van der Waals surface area contributed by atoms with E-state index in [1.165, 1.54) is 29.9 Å². The number of nitrogens with zero attached hydrogens (tertiary/aromatic N) is 2. The van der Waals surface area contributed by atoms with Crippen LogP contribution in [0.15, 0.2) is 36.4 Å². The highest BCUT2D eigenvalue weighted by Gasteiger charge is 2.22. The minimum Gasteiger partial charge on any atom is -0.497 e. The van der Waals surface area contributed by atoms with E-state index < -0.39 is 17.5 Å².